The molecule has 1 aromatic heterocycles. The number of halogens is 1. The van der Waals surface area contributed by atoms with E-state index in [0.29, 0.717) is 27.8 Å². The molecule has 1 fully saturated rings. The van der Waals surface area contributed by atoms with Gasteiger partial charge in [-0.05, 0) is 55.7 Å². The number of aromatic nitrogens is 1. The molecule has 0 saturated carbocycles. The van der Waals surface area contributed by atoms with E-state index in [1.54, 1.807) is 10.4 Å². The van der Waals surface area contributed by atoms with E-state index in [-0.39, 0.29) is 10.9 Å². The standard InChI is InChI=1S/C21H23ClN4O3S2/c1-2-15-6-3-4-13-26(15)31(28,29)16-11-9-14(10-12-16)20(27)24-25-21-23-19-17(22)7-5-8-18(19)30-21/h5,7-12,15H,2-4,6,13H2,1H3,(H,23,25)(H,24,27)/t15-/m0/s1. The van der Waals surface area contributed by atoms with Gasteiger partial charge in [0.2, 0.25) is 15.2 Å². The molecule has 0 radical (unpaired) electrons. The Hall–Kier alpha value is -2.20. The van der Waals surface area contributed by atoms with Crippen LogP contribution in [-0.2, 0) is 10.0 Å². The predicted octanol–water partition coefficient (Wildman–Crippen LogP) is 4.66. The molecular formula is C21H23ClN4O3S2. The lowest BCUT2D eigenvalue weighted by atomic mass is 10.0. The van der Waals surface area contributed by atoms with Crippen LogP contribution in [0.5, 0.6) is 0 Å². The Bertz CT molecular complexity index is 1200. The second-order valence-corrected chi connectivity index (χ2v) is 10.7. The molecule has 164 valence electrons. The number of nitrogens with zero attached hydrogens (tertiary/aromatic N) is 2. The molecular weight excluding hydrogens is 456 g/mol. The zero-order chi connectivity index (χ0) is 22.0. The number of benzene rings is 2. The highest BCUT2D eigenvalue weighted by atomic mass is 35.5. The van der Waals surface area contributed by atoms with Crippen molar-refractivity contribution in [3.8, 4) is 0 Å². The third-order valence-electron chi connectivity index (χ3n) is 5.42. The van der Waals surface area contributed by atoms with E-state index in [0.717, 1.165) is 30.4 Å². The van der Waals surface area contributed by atoms with E-state index in [9.17, 15) is 13.2 Å². The molecule has 7 nitrogen and oxygen atoms in total. The minimum Gasteiger partial charge on any atom is -0.273 e. The van der Waals surface area contributed by atoms with Gasteiger partial charge < -0.3 is 0 Å². The number of hydrazine groups is 1. The summed E-state index contributed by atoms with van der Waals surface area (Å²) in [5, 5.41) is 1.05. The van der Waals surface area contributed by atoms with E-state index in [1.807, 2.05) is 19.1 Å². The number of sulfonamides is 1. The monoisotopic (exact) mass is 478 g/mol. The molecule has 1 amide bonds. The Kier molecular flexibility index (Phi) is 6.47. The molecule has 0 bridgehead atoms. The van der Waals surface area contributed by atoms with Crippen molar-refractivity contribution in [2.75, 3.05) is 12.0 Å². The maximum absolute atomic E-state index is 13.1. The smallest absolute Gasteiger partial charge is 0.269 e. The summed E-state index contributed by atoms with van der Waals surface area (Å²) in [6, 6.07) is 11.5. The molecule has 2 heterocycles. The third-order valence-corrected chi connectivity index (χ3v) is 8.63. The summed E-state index contributed by atoms with van der Waals surface area (Å²) in [5.74, 6) is -0.390. The molecule has 2 N–H and O–H groups in total. The van der Waals surface area contributed by atoms with E-state index >= 15 is 0 Å². The summed E-state index contributed by atoms with van der Waals surface area (Å²) in [7, 11) is -3.57. The lowest BCUT2D eigenvalue weighted by molar-refractivity contribution is 0.0962. The summed E-state index contributed by atoms with van der Waals surface area (Å²) in [5.41, 5.74) is 6.40. The number of rotatable bonds is 6. The highest BCUT2D eigenvalue weighted by Gasteiger charge is 2.32. The first-order valence-corrected chi connectivity index (χ1v) is 12.8. The van der Waals surface area contributed by atoms with Gasteiger partial charge in [0, 0.05) is 18.2 Å². The molecule has 1 aliphatic heterocycles. The van der Waals surface area contributed by atoms with Gasteiger partial charge in [-0.15, -0.1) is 0 Å². The molecule has 1 atom stereocenters. The average Bonchev–Trinajstić information content (AvgIpc) is 3.22. The Morgan fingerprint density at radius 1 is 1.23 bits per heavy atom. The minimum absolute atomic E-state index is 0.0354. The van der Waals surface area contributed by atoms with Crippen molar-refractivity contribution in [2.45, 2.75) is 43.5 Å². The summed E-state index contributed by atoms with van der Waals surface area (Å²) in [4.78, 5) is 17.1. The zero-order valence-electron chi connectivity index (χ0n) is 17.0. The number of hydrogen-bond donors (Lipinski definition) is 2. The average molecular weight is 479 g/mol. The van der Waals surface area contributed by atoms with Gasteiger partial charge >= 0.3 is 0 Å². The van der Waals surface area contributed by atoms with Crippen LogP contribution in [0.2, 0.25) is 5.02 Å². The van der Waals surface area contributed by atoms with Crippen molar-refractivity contribution in [3.63, 3.8) is 0 Å². The van der Waals surface area contributed by atoms with Crippen LogP contribution < -0.4 is 10.9 Å². The molecule has 10 heteroatoms. The van der Waals surface area contributed by atoms with E-state index in [4.69, 9.17) is 11.6 Å². The molecule has 4 rings (SSSR count). The molecule has 0 spiro atoms. The number of nitrogens with one attached hydrogen (secondary N) is 2. The summed E-state index contributed by atoms with van der Waals surface area (Å²) in [6.45, 7) is 2.55. The Morgan fingerprint density at radius 3 is 2.71 bits per heavy atom. The Labute approximate surface area is 190 Å². The van der Waals surface area contributed by atoms with Gasteiger partial charge in [-0.25, -0.2) is 13.4 Å². The van der Waals surface area contributed by atoms with Gasteiger partial charge in [0.1, 0.15) is 5.52 Å². The number of anilines is 1. The van der Waals surface area contributed by atoms with Crippen LogP contribution in [0.1, 0.15) is 43.0 Å². The lowest BCUT2D eigenvalue weighted by Crippen LogP contribution is -2.43. The van der Waals surface area contributed by atoms with Crippen LogP contribution in [0.3, 0.4) is 0 Å². The van der Waals surface area contributed by atoms with Crippen molar-refractivity contribution in [1.82, 2.24) is 14.7 Å². The van der Waals surface area contributed by atoms with E-state index in [2.05, 4.69) is 15.8 Å². The maximum Gasteiger partial charge on any atom is 0.269 e. The molecule has 1 aliphatic rings. The second-order valence-electron chi connectivity index (χ2n) is 7.38. The fourth-order valence-electron chi connectivity index (χ4n) is 3.76. The number of para-hydroxylation sites is 1. The Balaban J connectivity index is 1.44. The first kappa shape index (κ1) is 22.0. The van der Waals surface area contributed by atoms with Crippen LogP contribution in [0.4, 0.5) is 5.13 Å². The number of amides is 1. The fourth-order valence-corrected chi connectivity index (χ4v) is 6.65. The topological polar surface area (TPSA) is 91.4 Å². The van der Waals surface area contributed by atoms with Crippen LogP contribution in [-0.4, -0.2) is 36.2 Å². The molecule has 3 aromatic rings. The number of thiazole rings is 1. The largest absolute Gasteiger partial charge is 0.273 e. The van der Waals surface area contributed by atoms with Gasteiger partial charge in [0.05, 0.1) is 14.6 Å². The number of carbonyl (C=O) groups excluding carboxylic acids is 1. The van der Waals surface area contributed by atoms with Gasteiger partial charge in [-0.1, -0.05) is 42.3 Å². The van der Waals surface area contributed by atoms with Gasteiger partial charge in [0.15, 0.2) is 0 Å². The number of piperidine rings is 1. The molecule has 1 saturated heterocycles. The van der Waals surface area contributed by atoms with E-state index in [1.165, 1.54) is 35.6 Å². The third kappa shape index (κ3) is 4.55. The highest BCUT2D eigenvalue weighted by molar-refractivity contribution is 7.89. The molecule has 0 unspecified atom stereocenters. The summed E-state index contributed by atoms with van der Waals surface area (Å²) < 4.78 is 28.6. The predicted molar refractivity (Wildman–Crippen MR) is 124 cm³/mol. The van der Waals surface area contributed by atoms with Gasteiger partial charge in [0.25, 0.3) is 5.91 Å². The van der Waals surface area contributed by atoms with Crippen molar-refractivity contribution in [3.05, 3.63) is 53.1 Å². The number of fused-ring (bicyclic) bond motifs is 1. The van der Waals surface area contributed by atoms with Crippen molar-refractivity contribution >= 4 is 54.2 Å². The quantitative estimate of drug-likeness (QED) is 0.503. The first-order valence-electron chi connectivity index (χ1n) is 10.1. The minimum atomic E-state index is -3.57. The summed E-state index contributed by atoms with van der Waals surface area (Å²) in [6.07, 6.45) is 3.61. The molecule has 0 aliphatic carbocycles. The Morgan fingerprint density at radius 2 is 2.00 bits per heavy atom. The SMILES string of the molecule is CC[C@H]1CCCCN1S(=O)(=O)c1ccc(C(=O)NNc2nc3c(Cl)cccc3s2)cc1. The zero-order valence-corrected chi connectivity index (χ0v) is 19.4. The van der Waals surface area contributed by atoms with Crippen LogP contribution in [0.25, 0.3) is 10.2 Å². The summed E-state index contributed by atoms with van der Waals surface area (Å²) >= 11 is 7.50. The van der Waals surface area contributed by atoms with Crippen LogP contribution >= 0.6 is 22.9 Å². The number of hydrogen-bond acceptors (Lipinski definition) is 6. The van der Waals surface area contributed by atoms with E-state index < -0.39 is 15.9 Å². The van der Waals surface area contributed by atoms with Crippen LogP contribution in [0.15, 0.2) is 47.4 Å². The highest BCUT2D eigenvalue weighted by Crippen LogP contribution is 2.30. The molecule has 2 aromatic carbocycles. The number of carbonyl (C=O) groups is 1. The van der Waals surface area contributed by atoms with Crippen LogP contribution in [0, 0.1) is 0 Å². The van der Waals surface area contributed by atoms with Crippen molar-refractivity contribution in [1.29, 1.82) is 0 Å². The molecule has 31 heavy (non-hydrogen) atoms. The van der Waals surface area contributed by atoms with Gasteiger partial charge in [-0.3, -0.25) is 15.6 Å². The van der Waals surface area contributed by atoms with Gasteiger partial charge in [-0.2, -0.15) is 4.31 Å². The second kappa shape index (κ2) is 9.12. The fraction of sp³-hybridized carbons (Fsp3) is 0.333. The normalized spacial score (nSPS) is 17.5. The lowest BCUT2D eigenvalue weighted by Gasteiger charge is -2.34. The first-order chi connectivity index (χ1) is 14.9. The maximum atomic E-state index is 13.1. The van der Waals surface area contributed by atoms with Crippen molar-refractivity contribution < 1.29 is 13.2 Å². The van der Waals surface area contributed by atoms with Crippen molar-refractivity contribution in [2.24, 2.45) is 0 Å².